The van der Waals surface area contributed by atoms with Crippen LogP contribution in [0.1, 0.15) is 25.0 Å². The van der Waals surface area contributed by atoms with E-state index in [2.05, 4.69) is 78.3 Å². The molecular formula is C31H25N3O. The summed E-state index contributed by atoms with van der Waals surface area (Å²) < 4.78 is 6.28. The average Bonchev–Trinajstić information content (AvgIpc) is 2.90. The summed E-state index contributed by atoms with van der Waals surface area (Å²) in [5, 5.41) is 0. The molecule has 1 aliphatic heterocycles. The van der Waals surface area contributed by atoms with Crippen molar-refractivity contribution in [3.05, 3.63) is 127 Å². The van der Waals surface area contributed by atoms with E-state index in [0.29, 0.717) is 5.88 Å². The van der Waals surface area contributed by atoms with Crippen molar-refractivity contribution < 1.29 is 4.74 Å². The van der Waals surface area contributed by atoms with E-state index in [4.69, 9.17) is 9.72 Å². The predicted molar refractivity (Wildman–Crippen MR) is 141 cm³/mol. The van der Waals surface area contributed by atoms with Crippen LogP contribution in [0.4, 0.5) is 17.2 Å². The zero-order chi connectivity index (χ0) is 23.8. The van der Waals surface area contributed by atoms with Crippen molar-refractivity contribution in [3.8, 4) is 22.9 Å². The molecule has 170 valence electrons. The molecule has 0 saturated heterocycles. The molecule has 0 atom stereocenters. The van der Waals surface area contributed by atoms with Crippen LogP contribution in [-0.4, -0.2) is 9.97 Å². The Hall–Kier alpha value is -4.44. The zero-order valence-corrected chi connectivity index (χ0v) is 19.7. The van der Waals surface area contributed by atoms with Crippen molar-refractivity contribution >= 4 is 17.2 Å². The second-order valence-corrected chi connectivity index (χ2v) is 9.18. The van der Waals surface area contributed by atoms with Gasteiger partial charge in [-0.1, -0.05) is 68.4 Å². The van der Waals surface area contributed by atoms with Gasteiger partial charge < -0.3 is 4.74 Å². The van der Waals surface area contributed by atoms with Crippen molar-refractivity contribution in [2.45, 2.75) is 19.3 Å². The maximum Gasteiger partial charge on any atom is 0.221 e. The summed E-state index contributed by atoms with van der Waals surface area (Å²) in [7, 11) is 0. The van der Waals surface area contributed by atoms with E-state index < -0.39 is 0 Å². The molecule has 1 aliphatic rings. The number of nitrogens with zero attached hydrogens (tertiary/aromatic N) is 3. The number of hydrogen-bond acceptors (Lipinski definition) is 4. The molecule has 4 heteroatoms. The molecular weight excluding hydrogens is 430 g/mol. The highest BCUT2D eigenvalue weighted by molar-refractivity contribution is 5.84. The lowest BCUT2D eigenvalue weighted by Crippen LogP contribution is -2.31. The summed E-state index contributed by atoms with van der Waals surface area (Å²) in [6.45, 7) is 4.51. The van der Waals surface area contributed by atoms with Gasteiger partial charge in [0, 0.05) is 34.5 Å². The minimum absolute atomic E-state index is 0.193. The highest BCUT2D eigenvalue weighted by Crippen LogP contribution is 2.51. The van der Waals surface area contributed by atoms with Gasteiger partial charge in [0.2, 0.25) is 5.88 Å². The van der Waals surface area contributed by atoms with Gasteiger partial charge in [0.1, 0.15) is 11.6 Å². The quantitative estimate of drug-likeness (QED) is 0.275. The van der Waals surface area contributed by atoms with Crippen molar-refractivity contribution in [1.82, 2.24) is 9.97 Å². The molecule has 0 fully saturated rings. The summed E-state index contributed by atoms with van der Waals surface area (Å²) >= 11 is 0. The van der Waals surface area contributed by atoms with Crippen LogP contribution >= 0.6 is 0 Å². The summed E-state index contributed by atoms with van der Waals surface area (Å²) in [6.07, 6.45) is 1.80. The molecule has 0 amide bonds. The number of pyridine rings is 2. The Balaban J connectivity index is 1.44. The molecule has 2 aromatic heterocycles. The lowest BCUT2D eigenvalue weighted by Gasteiger charge is -2.41. The second kappa shape index (κ2) is 8.41. The third-order valence-corrected chi connectivity index (χ3v) is 6.58. The lowest BCUT2D eigenvalue weighted by molar-refractivity contribution is 0.461. The summed E-state index contributed by atoms with van der Waals surface area (Å²) in [5.74, 6) is 2.17. The minimum atomic E-state index is -0.193. The van der Waals surface area contributed by atoms with Gasteiger partial charge in [0.05, 0.1) is 11.4 Å². The van der Waals surface area contributed by atoms with Crippen molar-refractivity contribution in [2.24, 2.45) is 0 Å². The second-order valence-electron chi connectivity index (χ2n) is 9.18. The van der Waals surface area contributed by atoms with Gasteiger partial charge in [0.25, 0.3) is 0 Å². The maximum absolute atomic E-state index is 6.28. The molecule has 4 nitrogen and oxygen atoms in total. The molecule has 0 spiro atoms. The van der Waals surface area contributed by atoms with Crippen molar-refractivity contribution in [2.75, 3.05) is 4.90 Å². The lowest BCUT2D eigenvalue weighted by atomic mass is 9.74. The number of anilines is 3. The Morgan fingerprint density at radius 2 is 1.51 bits per heavy atom. The number of benzene rings is 3. The number of rotatable bonds is 4. The van der Waals surface area contributed by atoms with Gasteiger partial charge in [-0.05, 0) is 54.1 Å². The summed E-state index contributed by atoms with van der Waals surface area (Å²) in [5.41, 5.74) is 6.36. The zero-order valence-electron chi connectivity index (χ0n) is 19.7. The predicted octanol–water partition coefficient (Wildman–Crippen LogP) is 8.05. The molecule has 0 N–H and O–H groups in total. The van der Waals surface area contributed by atoms with Crippen LogP contribution in [0.5, 0.6) is 11.6 Å². The molecule has 6 rings (SSSR count). The van der Waals surface area contributed by atoms with Gasteiger partial charge in [0.15, 0.2) is 0 Å². The average molecular weight is 456 g/mol. The molecule has 3 heterocycles. The maximum atomic E-state index is 6.28. The van der Waals surface area contributed by atoms with Gasteiger partial charge in [-0.15, -0.1) is 0 Å². The molecule has 0 bridgehead atoms. The summed E-state index contributed by atoms with van der Waals surface area (Å²) in [4.78, 5) is 11.7. The first kappa shape index (κ1) is 21.1. The standard InChI is InChI=1S/C31H25N3O/c1-31(2)25-15-6-7-17-28(25)34(23-12-4-3-5-13-23)30-26(31)18-19-29(33-30)35-24-14-10-11-22(21-24)27-16-8-9-20-32-27/h3-21H,1-2H3. The Morgan fingerprint density at radius 1 is 0.714 bits per heavy atom. The Morgan fingerprint density at radius 3 is 2.34 bits per heavy atom. The van der Waals surface area contributed by atoms with Crippen molar-refractivity contribution in [1.29, 1.82) is 0 Å². The highest BCUT2D eigenvalue weighted by Gasteiger charge is 2.38. The number of aromatic nitrogens is 2. The highest BCUT2D eigenvalue weighted by atomic mass is 16.5. The van der Waals surface area contributed by atoms with Crippen molar-refractivity contribution in [3.63, 3.8) is 0 Å². The van der Waals surface area contributed by atoms with Crippen LogP contribution in [0.25, 0.3) is 11.3 Å². The number of para-hydroxylation sites is 2. The first-order chi connectivity index (χ1) is 17.1. The number of fused-ring (bicyclic) bond motifs is 2. The summed E-state index contributed by atoms with van der Waals surface area (Å²) in [6, 6.07) is 36.9. The SMILES string of the molecule is CC1(C)c2ccccc2N(c2ccccc2)c2nc(Oc3cccc(-c4ccccn4)c3)ccc21. The number of ether oxygens (including phenoxy) is 1. The molecule has 3 aromatic carbocycles. The monoisotopic (exact) mass is 455 g/mol. The van der Waals surface area contributed by atoms with Crippen LogP contribution in [0.15, 0.2) is 115 Å². The van der Waals surface area contributed by atoms with E-state index in [1.807, 2.05) is 54.6 Å². The molecule has 0 saturated carbocycles. The molecule has 0 radical (unpaired) electrons. The van der Waals surface area contributed by atoms with E-state index >= 15 is 0 Å². The van der Waals surface area contributed by atoms with Crippen LogP contribution in [0.2, 0.25) is 0 Å². The Labute approximate surface area is 205 Å². The van der Waals surface area contributed by atoms with E-state index in [9.17, 15) is 0 Å². The largest absolute Gasteiger partial charge is 0.439 e. The smallest absolute Gasteiger partial charge is 0.221 e. The molecule has 0 aliphatic carbocycles. The Bertz CT molecular complexity index is 1500. The molecule has 0 unspecified atom stereocenters. The minimum Gasteiger partial charge on any atom is -0.439 e. The van der Waals surface area contributed by atoms with Gasteiger partial charge in [-0.3, -0.25) is 9.88 Å². The van der Waals surface area contributed by atoms with Gasteiger partial charge in [-0.25, -0.2) is 0 Å². The topological polar surface area (TPSA) is 38.2 Å². The van der Waals surface area contributed by atoms with Gasteiger partial charge >= 0.3 is 0 Å². The normalized spacial score (nSPS) is 13.6. The molecule has 35 heavy (non-hydrogen) atoms. The molecule has 5 aromatic rings. The van der Waals surface area contributed by atoms with Crippen LogP contribution in [0, 0.1) is 0 Å². The van der Waals surface area contributed by atoms with E-state index in [-0.39, 0.29) is 5.41 Å². The van der Waals surface area contributed by atoms with Crippen LogP contribution in [0.3, 0.4) is 0 Å². The number of hydrogen-bond donors (Lipinski definition) is 0. The third-order valence-electron chi connectivity index (χ3n) is 6.58. The van der Waals surface area contributed by atoms with Gasteiger partial charge in [-0.2, -0.15) is 4.98 Å². The van der Waals surface area contributed by atoms with E-state index in [1.54, 1.807) is 6.20 Å². The first-order valence-electron chi connectivity index (χ1n) is 11.8. The first-order valence-corrected chi connectivity index (χ1v) is 11.8. The fraction of sp³-hybridized carbons (Fsp3) is 0.0968. The fourth-order valence-corrected chi connectivity index (χ4v) is 4.81. The van der Waals surface area contributed by atoms with Crippen LogP contribution < -0.4 is 9.64 Å². The van der Waals surface area contributed by atoms with E-state index in [1.165, 1.54) is 5.56 Å². The van der Waals surface area contributed by atoms with E-state index in [0.717, 1.165) is 39.8 Å². The Kier molecular flexibility index (Phi) is 5.07. The third kappa shape index (κ3) is 3.73. The fourth-order valence-electron chi connectivity index (χ4n) is 4.81. The van der Waals surface area contributed by atoms with Crippen LogP contribution in [-0.2, 0) is 5.41 Å².